The van der Waals surface area contributed by atoms with Crippen LogP contribution in [0.2, 0.25) is 0 Å². The van der Waals surface area contributed by atoms with Gasteiger partial charge in [0.15, 0.2) is 0 Å². The Balaban J connectivity index is 1.62. The lowest BCUT2D eigenvalue weighted by Gasteiger charge is -2.35. The third-order valence-electron chi connectivity index (χ3n) is 3.43. The number of hydrogen-bond acceptors (Lipinski definition) is 5. The van der Waals surface area contributed by atoms with Gasteiger partial charge in [-0.3, -0.25) is 9.89 Å². The van der Waals surface area contributed by atoms with Crippen LogP contribution in [0.15, 0.2) is 28.9 Å². The van der Waals surface area contributed by atoms with E-state index in [4.69, 9.17) is 5.73 Å². The zero-order valence-corrected chi connectivity index (χ0v) is 12.9. The summed E-state index contributed by atoms with van der Waals surface area (Å²) < 4.78 is 0.955. The molecule has 3 N–H and O–H groups in total. The van der Waals surface area contributed by atoms with E-state index in [1.807, 2.05) is 12.1 Å². The number of amides is 1. The van der Waals surface area contributed by atoms with E-state index in [1.54, 1.807) is 17.2 Å². The highest BCUT2D eigenvalue weighted by molar-refractivity contribution is 9.10. The first-order valence-corrected chi connectivity index (χ1v) is 7.39. The molecular formula is C13H15BrN6O. The average Bonchev–Trinajstić information content (AvgIpc) is 2.94. The van der Waals surface area contributed by atoms with Crippen molar-refractivity contribution in [2.75, 3.05) is 36.8 Å². The SMILES string of the molecule is Nc1cc(C(=O)N2CCN(c3ccc(Br)cn3)CC2)[nH]n1. The van der Waals surface area contributed by atoms with Crippen LogP contribution in [0.4, 0.5) is 11.6 Å². The molecule has 110 valence electrons. The van der Waals surface area contributed by atoms with Crippen LogP contribution < -0.4 is 10.6 Å². The van der Waals surface area contributed by atoms with E-state index in [0.29, 0.717) is 24.6 Å². The van der Waals surface area contributed by atoms with E-state index < -0.39 is 0 Å². The molecular weight excluding hydrogens is 336 g/mol. The fourth-order valence-corrected chi connectivity index (χ4v) is 2.55. The van der Waals surface area contributed by atoms with Gasteiger partial charge in [0.05, 0.1) is 0 Å². The van der Waals surface area contributed by atoms with Crippen molar-refractivity contribution in [2.45, 2.75) is 0 Å². The Hall–Kier alpha value is -2.09. The summed E-state index contributed by atoms with van der Waals surface area (Å²) in [5, 5.41) is 6.44. The fourth-order valence-electron chi connectivity index (χ4n) is 2.31. The number of rotatable bonds is 2. The van der Waals surface area contributed by atoms with Crippen LogP contribution in [-0.2, 0) is 0 Å². The minimum Gasteiger partial charge on any atom is -0.382 e. The van der Waals surface area contributed by atoms with Crippen molar-refractivity contribution in [1.82, 2.24) is 20.1 Å². The Labute approximate surface area is 130 Å². The monoisotopic (exact) mass is 350 g/mol. The molecule has 1 amide bonds. The van der Waals surface area contributed by atoms with Crippen LogP contribution in [0, 0.1) is 0 Å². The van der Waals surface area contributed by atoms with Gasteiger partial charge in [0, 0.05) is 42.9 Å². The molecule has 1 aliphatic rings. The molecule has 0 bridgehead atoms. The highest BCUT2D eigenvalue weighted by Gasteiger charge is 2.23. The maximum atomic E-state index is 12.3. The van der Waals surface area contributed by atoms with Crippen LogP contribution >= 0.6 is 15.9 Å². The lowest BCUT2D eigenvalue weighted by molar-refractivity contribution is 0.0740. The Morgan fingerprint density at radius 1 is 1.29 bits per heavy atom. The summed E-state index contributed by atoms with van der Waals surface area (Å²) in [5.41, 5.74) is 5.96. The zero-order valence-electron chi connectivity index (χ0n) is 11.3. The van der Waals surface area contributed by atoms with Gasteiger partial charge in [0.2, 0.25) is 0 Å². The van der Waals surface area contributed by atoms with Crippen molar-refractivity contribution >= 4 is 33.5 Å². The number of nitrogens with zero attached hydrogens (tertiary/aromatic N) is 4. The number of piperazine rings is 1. The Kier molecular flexibility index (Phi) is 3.78. The van der Waals surface area contributed by atoms with Gasteiger partial charge in [0.25, 0.3) is 5.91 Å². The number of pyridine rings is 1. The number of nitrogens with two attached hydrogens (primary N) is 1. The minimum atomic E-state index is -0.0670. The molecule has 0 unspecified atom stereocenters. The molecule has 2 aromatic rings. The Bertz CT molecular complexity index is 632. The summed E-state index contributed by atoms with van der Waals surface area (Å²) in [7, 11) is 0. The van der Waals surface area contributed by atoms with Gasteiger partial charge >= 0.3 is 0 Å². The van der Waals surface area contributed by atoms with E-state index in [1.165, 1.54) is 0 Å². The molecule has 8 heteroatoms. The second-order valence-corrected chi connectivity index (χ2v) is 5.74. The number of halogens is 1. The van der Waals surface area contributed by atoms with Crippen molar-refractivity contribution in [3.05, 3.63) is 34.6 Å². The third-order valence-corrected chi connectivity index (χ3v) is 3.90. The van der Waals surface area contributed by atoms with Gasteiger partial charge in [-0.15, -0.1) is 0 Å². The Morgan fingerprint density at radius 2 is 2.05 bits per heavy atom. The predicted molar refractivity (Wildman–Crippen MR) is 83.1 cm³/mol. The van der Waals surface area contributed by atoms with Crippen LogP contribution in [0.5, 0.6) is 0 Å². The topological polar surface area (TPSA) is 91.1 Å². The molecule has 21 heavy (non-hydrogen) atoms. The second-order valence-electron chi connectivity index (χ2n) is 4.82. The van der Waals surface area contributed by atoms with E-state index in [-0.39, 0.29) is 5.91 Å². The Morgan fingerprint density at radius 3 is 2.62 bits per heavy atom. The van der Waals surface area contributed by atoms with Crippen molar-refractivity contribution in [1.29, 1.82) is 0 Å². The van der Waals surface area contributed by atoms with E-state index >= 15 is 0 Å². The summed E-state index contributed by atoms with van der Waals surface area (Å²) >= 11 is 3.37. The number of carbonyl (C=O) groups excluding carboxylic acids is 1. The lowest BCUT2D eigenvalue weighted by Crippen LogP contribution is -2.49. The molecule has 2 aromatic heterocycles. The molecule has 3 rings (SSSR count). The number of hydrogen-bond donors (Lipinski definition) is 2. The molecule has 0 radical (unpaired) electrons. The number of aromatic amines is 1. The van der Waals surface area contributed by atoms with Crippen LogP contribution in [0.3, 0.4) is 0 Å². The normalized spacial score (nSPS) is 15.3. The first-order chi connectivity index (χ1) is 10.1. The summed E-state index contributed by atoms with van der Waals surface area (Å²) in [6, 6.07) is 5.50. The van der Waals surface area contributed by atoms with E-state index in [9.17, 15) is 4.79 Å². The van der Waals surface area contributed by atoms with Gasteiger partial charge in [-0.1, -0.05) is 0 Å². The molecule has 1 fully saturated rings. The number of carbonyl (C=O) groups is 1. The molecule has 3 heterocycles. The standard InChI is InChI=1S/C13H15BrN6O/c14-9-1-2-12(16-8-9)19-3-5-20(6-4-19)13(21)10-7-11(15)18-17-10/h1-2,7-8H,3-6H2,(H3,15,17,18). The average molecular weight is 351 g/mol. The molecule has 1 saturated heterocycles. The number of nitrogen functional groups attached to an aromatic ring is 1. The van der Waals surface area contributed by atoms with Crippen molar-refractivity contribution in [2.24, 2.45) is 0 Å². The molecule has 0 saturated carbocycles. The highest BCUT2D eigenvalue weighted by atomic mass is 79.9. The summed E-state index contributed by atoms with van der Waals surface area (Å²) in [4.78, 5) is 20.6. The number of aromatic nitrogens is 3. The van der Waals surface area contributed by atoms with Crippen molar-refractivity contribution < 1.29 is 4.79 Å². The second kappa shape index (κ2) is 5.72. The predicted octanol–water partition coefficient (Wildman–Crippen LogP) is 1.11. The quantitative estimate of drug-likeness (QED) is 0.846. The molecule has 0 aliphatic carbocycles. The highest BCUT2D eigenvalue weighted by Crippen LogP contribution is 2.17. The van der Waals surface area contributed by atoms with Crippen LogP contribution in [0.25, 0.3) is 0 Å². The van der Waals surface area contributed by atoms with Gasteiger partial charge < -0.3 is 15.5 Å². The number of nitrogens with one attached hydrogen (secondary N) is 1. The summed E-state index contributed by atoms with van der Waals surface area (Å²) in [6.07, 6.45) is 1.78. The fraction of sp³-hybridized carbons (Fsp3) is 0.308. The van der Waals surface area contributed by atoms with Gasteiger partial charge in [-0.25, -0.2) is 4.98 Å². The van der Waals surface area contributed by atoms with Crippen molar-refractivity contribution in [3.63, 3.8) is 0 Å². The van der Waals surface area contributed by atoms with Gasteiger partial charge in [0.1, 0.15) is 17.3 Å². The summed E-state index contributed by atoms with van der Waals surface area (Å²) in [5.74, 6) is 1.19. The molecule has 0 spiro atoms. The minimum absolute atomic E-state index is 0.0670. The third kappa shape index (κ3) is 2.99. The molecule has 0 atom stereocenters. The maximum absolute atomic E-state index is 12.3. The smallest absolute Gasteiger partial charge is 0.272 e. The van der Waals surface area contributed by atoms with Crippen molar-refractivity contribution in [3.8, 4) is 0 Å². The zero-order chi connectivity index (χ0) is 14.8. The van der Waals surface area contributed by atoms with Crippen LogP contribution in [0.1, 0.15) is 10.5 Å². The lowest BCUT2D eigenvalue weighted by atomic mass is 10.2. The van der Waals surface area contributed by atoms with E-state index in [2.05, 4.69) is 36.0 Å². The first-order valence-electron chi connectivity index (χ1n) is 6.60. The number of H-pyrrole nitrogens is 1. The maximum Gasteiger partial charge on any atom is 0.272 e. The van der Waals surface area contributed by atoms with E-state index in [0.717, 1.165) is 23.4 Å². The molecule has 0 aromatic carbocycles. The van der Waals surface area contributed by atoms with Gasteiger partial charge in [-0.2, -0.15) is 5.10 Å². The largest absolute Gasteiger partial charge is 0.382 e. The summed E-state index contributed by atoms with van der Waals surface area (Å²) in [6.45, 7) is 2.80. The molecule has 1 aliphatic heterocycles. The number of anilines is 2. The van der Waals surface area contributed by atoms with Gasteiger partial charge in [-0.05, 0) is 28.1 Å². The molecule has 7 nitrogen and oxygen atoms in total. The first kappa shape index (κ1) is 13.9. The van der Waals surface area contributed by atoms with Crippen LogP contribution in [-0.4, -0.2) is 52.2 Å².